The number of nitrogens with two attached hydrogens (primary N) is 1. The number of ether oxygens (including phenoxy) is 1. The molecular weight excluding hydrogens is 295 g/mol. The van der Waals surface area contributed by atoms with Crippen LogP contribution < -0.4 is 10.5 Å². The molecule has 1 rings (SSSR count). The number of hydrogen-bond acceptors (Lipinski definition) is 4. The highest BCUT2D eigenvalue weighted by molar-refractivity contribution is 9.10. The molecule has 0 heterocycles. The minimum Gasteiger partial charge on any atom is -0.504 e. The monoisotopic (exact) mass is 306 g/mol. The van der Waals surface area contributed by atoms with Crippen LogP contribution in [0.5, 0.6) is 11.5 Å². The maximum Gasteiger partial charge on any atom is 0.162 e. The first-order chi connectivity index (χ1) is 7.10. The maximum absolute atomic E-state index is 9.78. The van der Waals surface area contributed by atoms with Crippen molar-refractivity contribution in [1.29, 1.82) is 5.26 Å². The van der Waals surface area contributed by atoms with Crippen LogP contribution in [0.1, 0.15) is 18.0 Å². The van der Waals surface area contributed by atoms with Crippen molar-refractivity contribution in [3.05, 3.63) is 22.2 Å². The molecule has 0 aliphatic rings. The fourth-order valence-electron chi connectivity index (χ4n) is 1.24. The number of nitrogens with zero attached hydrogens (tertiary/aromatic N) is 1. The Kier molecular flexibility index (Phi) is 6.19. The van der Waals surface area contributed by atoms with Gasteiger partial charge in [0.1, 0.15) is 0 Å². The molecule has 0 fully saturated rings. The largest absolute Gasteiger partial charge is 0.504 e. The van der Waals surface area contributed by atoms with Crippen LogP contribution in [-0.4, -0.2) is 12.2 Å². The van der Waals surface area contributed by atoms with Crippen LogP contribution in [0, 0.1) is 11.3 Å². The molecule has 0 spiro atoms. The topological polar surface area (TPSA) is 79.3 Å². The number of benzene rings is 1. The highest BCUT2D eigenvalue weighted by atomic mass is 79.9. The zero-order chi connectivity index (χ0) is 11.4. The summed E-state index contributed by atoms with van der Waals surface area (Å²) in [6, 6.07) is 4.76. The van der Waals surface area contributed by atoms with E-state index in [0.717, 1.165) is 4.47 Å². The number of hydrogen-bond donors (Lipinski definition) is 2. The van der Waals surface area contributed by atoms with E-state index in [9.17, 15) is 5.11 Å². The number of phenolic OH excluding ortho intramolecular Hbond substituents is 1. The van der Waals surface area contributed by atoms with Crippen molar-refractivity contribution in [2.75, 3.05) is 7.11 Å². The average Bonchev–Trinajstić information content (AvgIpc) is 2.21. The molecule has 88 valence electrons. The van der Waals surface area contributed by atoms with Crippen molar-refractivity contribution in [3.63, 3.8) is 0 Å². The fraction of sp³-hybridized carbons (Fsp3) is 0.300. The van der Waals surface area contributed by atoms with E-state index >= 15 is 0 Å². The van der Waals surface area contributed by atoms with E-state index in [-0.39, 0.29) is 24.6 Å². The lowest BCUT2D eigenvalue weighted by atomic mass is 10.0. The molecule has 1 aromatic carbocycles. The summed E-state index contributed by atoms with van der Waals surface area (Å²) >= 11 is 3.28. The number of nitriles is 1. The molecule has 0 aromatic heterocycles. The third-order valence-corrected chi connectivity index (χ3v) is 2.46. The number of halogens is 2. The van der Waals surface area contributed by atoms with Crippen LogP contribution in [0.2, 0.25) is 0 Å². The van der Waals surface area contributed by atoms with Gasteiger partial charge in [-0.2, -0.15) is 5.26 Å². The van der Waals surface area contributed by atoms with E-state index < -0.39 is 6.04 Å². The molecule has 16 heavy (non-hydrogen) atoms. The SMILES string of the molecule is COc1cc(Br)cc([C@H](N)CC#N)c1O.Cl. The predicted molar refractivity (Wildman–Crippen MR) is 66.8 cm³/mol. The molecule has 3 N–H and O–H groups in total. The van der Waals surface area contributed by atoms with Crippen LogP contribution in [-0.2, 0) is 0 Å². The van der Waals surface area contributed by atoms with Crippen LogP contribution in [0.4, 0.5) is 0 Å². The summed E-state index contributed by atoms with van der Waals surface area (Å²) in [6.45, 7) is 0. The van der Waals surface area contributed by atoms with Gasteiger partial charge in [0.15, 0.2) is 11.5 Å². The minimum absolute atomic E-state index is 0. The van der Waals surface area contributed by atoms with Crippen LogP contribution in [0.3, 0.4) is 0 Å². The third-order valence-electron chi connectivity index (χ3n) is 2.00. The summed E-state index contributed by atoms with van der Waals surface area (Å²) < 4.78 is 5.73. The second kappa shape index (κ2) is 6.59. The first kappa shape index (κ1) is 15.0. The molecule has 1 aromatic rings. The zero-order valence-electron chi connectivity index (χ0n) is 8.61. The molecular formula is C10H12BrClN2O2. The van der Waals surface area contributed by atoms with Crippen molar-refractivity contribution in [3.8, 4) is 17.6 Å². The molecule has 4 nitrogen and oxygen atoms in total. The van der Waals surface area contributed by atoms with Gasteiger partial charge in [-0.3, -0.25) is 0 Å². The van der Waals surface area contributed by atoms with Crippen molar-refractivity contribution in [2.45, 2.75) is 12.5 Å². The Morgan fingerprint density at radius 2 is 2.25 bits per heavy atom. The van der Waals surface area contributed by atoms with Crippen molar-refractivity contribution < 1.29 is 9.84 Å². The molecule has 0 aliphatic heterocycles. The Hall–Kier alpha value is -0.960. The Morgan fingerprint density at radius 3 is 2.75 bits per heavy atom. The summed E-state index contributed by atoms with van der Waals surface area (Å²) in [5.41, 5.74) is 6.24. The van der Waals surface area contributed by atoms with Gasteiger partial charge < -0.3 is 15.6 Å². The Labute approximate surface area is 109 Å². The molecule has 0 amide bonds. The van der Waals surface area contributed by atoms with Gasteiger partial charge in [0, 0.05) is 16.1 Å². The number of phenols is 1. The van der Waals surface area contributed by atoms with Gasteiger partial charge in [0.25, 0.3) is 0 Å². The lowest BCUT2D eigenvalue weighted by Gasteiger charge is -2.13. The standard InChI is InChI=1S/C10H11BrN2O2.ClH/c1-15-9-5-6(11)4-7(10(9)14)8(13)2-3-12;/h4-5,8,14H,2,13H2,1H3;1H/t8-;/m1./s1. The predicted octanol–water partition coefficient (Wildman–Crippen LogP) is 2.50. The molecule has 0 bridgehead atoms. The summed E-state index contributed by atoms with van der Waals surface area (Å²) in [6.07, 6.45) is 0.146. The highest BCUT2D eigenvalue weighted by Gasteiger charge is 2.15. The quantitative estimate of drug-likeness (QED) is 0.899. The highest BCUT2D eigenvalue weighted by Crippen LogP contribution is 2.36. The van der Waals surface area contributed by atoms with E-state index in [1.165, 1.54) is 7.11 Å². The summed E-state index contributed by atoms with van der Waals surface area (Å²) in [5.74, 6) is 0.330. The number of methoxy groups -OCH3 is 1. The number of aromatic hydroxyl groups is 1. The van der Waals surface area contributed by atoms with E-state index in [1.54, 1.807) is 12.1 Å². The fourth-order valence-corrected chi connectivity index (χ4v) is 1.70. The Bertz CT molecular complexity index is 407. The lowest BCUT2D eigenvalue weighted by Crippen LogP contribution is -2.09. The van der Waals surface area contributed by atoms with Crippen LogP contribution in [0.25, 0.3) is 0 Å². The first-order valence-corrected chi connectivity index (χ1v) is 5.08. The van der Waals surface area contributed by atoms with E-state index in [0.29, 0.717) is 11.3 Å². The molecule has 0 unspecified atom stereocenters. The van der Waals surface area contributed by atoms with Gasteiger partial charge in [-0.05, 0) is 12.1 Å². The van der Waals surface area contributed by atoms with Crippen molar-refractivity contribution in [2.24, 2.45) is 5.73 Å². The van der Waals surface area contributed by atoms with Crippen molar-refractivity contribution >= 4 is 28.3 Å². The molecule has 1 atom stereocenters. The zero-order valence-corrected chi connectivity index (χ0v) is 11.0. The molecule has 0 saturated carbocycles. The van der Waals surface area contributed by atoms with Gasteiger partial charge >= 0.3 is 0 Å². The second-order valence-corrected chi connectivity index (χ2v) is 3.93. The summed E-state index contributed by atoms with van der Waals surface area (Å²) in [5, 5.41) is 18.3. The number of rotatable bonds is 3. The van der Waals surface area contributed by atoms with E-state index in [2.05, 4.69) is 15.9 Å². The normalized spacial score (nSPS) is 11.1. The van der Waals surface area contributed by atoms with Gasteiger partial charge in [-0.25, -0.2) is 0 Å². The smallest absolute Gasteiger partial charge is 0.162 e. The first-order valence-electron chi connectivity index (χ1n) is 4.29. The molecule has 0 saturated heterocycles. The van der Waals surface area contributed by atoms with E-state index in [1.807, 2.05) is 6.07 Å². The van der Waals surface area contributed by atoms with Gasteiger partial charge in [-0.1, -0.05) is 15.9 Å². The van der Waals surface area contributed by atoms with Gasteiger partial charge in [0.05, 0.1) is 19.6 Å². The third kappa shape index (κ3) is 3.27. The summed E-state index contributed by atoms with van der Waals surface area (Å²) in [4.78, 5) is 0. The summed E-state index contributed by atoms with van der Waals surface area (Å²) in [7, 11) is 1.46. The van der Waals surface area contributed by atoms with Crippen molar-refractivity contribution in [1.82, 2.24) is 0 Å². The van der Waals surface area contributed by atoms with Crippen LogP contribution in [0.15, 0.2) is 16.6 Å². The maximum atomic E-state index is 9.78. The van der Waals surface area contributed by atoms with Gasteiger partial charge in [-0.15, -0.1) is 12.4 Å². The average molecular weight is 308 g/mol. The Balaban J connectivity index is 0.00000225. The van der Waals surface area contributed by atoms with Crippen LogP contribution >= 0.6 is 28.3 Å². The van der Waals surface area contributed by atoms with Gasteiger partial charge in [0.2, 0.25) is 0 Å². The minimum atomic E-state index is -0.513. The Morgan fingerprint density at radius 1 is 1.62 bits per heavy atom. The molecule has 0 radical (unpaired) electrons. The second-order valence-electron chi connectivity index (χ2n) is 3.01. The molecule has 6 heteroatoms. The molecule has 0 aliphatic carbocycles. The lowest BCUT2D eigenvalue weighted by molar-refractivity contribution is 0.368. The van der Waals surface area contributed by atoms with E-state index in [4.69, 9.17) is 15.7 Å².